The summed E-state index contributed by atoms with van der Waals surface area (Å²) in [7, 11) is 1.66. The van der Waals surface area contributed by atoms with Crippen LogP contribution >= 0.6 is 0 Å². The van der Waals surface area contributed by atoms with Crippen molar-refractivity contribution < 1.29 is 14.5 Å². The largest absolute Gasteiger partial charge is 0.349 e. The SMILES string of the molecule is CN(C(=O)CN1CCC(NC(=O)c2ccccc2)CC1)c1ccc([N+](=O)[O-])cc1. The van der Waals surface area contributed by atoms with Gasteiger partial charge in [-0.3, -0.25) is 24.6 Å². The quantitative estimate of drug-likeness (QED) is 0.598. The fourth-order valence-electron chi connectivity index (χ4n) is 3.33. The minimum absolute atomic E-state index is 0.00535. The summed E-state index contributed by atoms with van der Waals surface area (Å²) in [6.07, 6.45) is 1.57. The lowest BCUT2D eigenvalue weighted by molar-refractivity contribution is -0.384. The standard InChI is InChI=1S/C21H24N4O4/c1-23(18-7-9-19(10-8-18)25(28)29)20(26)15-24-13-11-17(12-14-24)22-21(27)16-5-3-2-4-6-16/h2-10,17H,11-15H2,1H3,(H,22,27). The van der Waals surface area contributed by atoms with Gasteiger partial charge in [0.15, 0.2) is 0 Å². The lowest BCUT2D eigenvalue weighted by atomic mass is 10.0. The van der Waals surface area contributed by atoms with Crippen molar-refractivity contribution in [1.29, 1.82) is 0 Å². The fourth-order valence-corrected chi connectivity index (χ4v) is 3.33. The first kappa shape index (κ1) is 20.5. The van der Waals surface area contributed by atoms with Crippen LogP contribution in [0.3, 0.4) is 0 Å². The Morgan fingerprint density at radius 1 is 1.10 bits per heavy atom. The summed E-state index contributed by atoms with van der Waals surface area (Å²) >= 11 is 0. The Hall–Kier alpha value is -3.26. The molecule has 1 fully saturated rings. The number of likely N-dealkylation sites (N-methyl/N-ethyl adjacent to an activating group) is 1. The highest BCUT2D eigenvalue weighted by Gasteiger charge is 2.24. The van der Waals surface area contributed by atoms with E-state index < -0.39 is 4.92 Å². The van der Waals surface area contributed by atoms with Crippen LogP contribution in [0.25, 0.3) is 0 Å². The second-order valence-electron chi connectivity index (χ2n) is 7.12. The molecule has 0 atom stereocenters. The second kappa shape index (κ2) is 9.29. The maximum Gasteiger partial charge on any atom is 0.269 e. The van der Waals surface area contributed by atoms with Crippen LogP contribution in [0.2, 0.25) is 0 Å². The molecule has 1 N–H and O–H groups in total. The van der Waals surface area contributed by atoms with Crippen molar-refractivity contribution in [2.75, 3.05) is 31.6 Å². The van der Waals surface area contributed by atoms with E-state index in [1.807, 2.05) is 18.2 Å². The fraction of sp³-hybridized carbons (Fsp3) is 0.333. The number of nitro groups is 1. The summed E-state index contributed by atoms with van der Waals surface area (Å²) in [6.45, 7) is 1.71. The zero-order valence-corrected chi connectivity index (χ0v) is 16.3. The molecule has 8 heteroatoms. The van der Waals surface area contributed by atoms with E-state index in [0.29, 0.717) is 11.3 Å². The number of amides is 2. The van der Waals surface area contributed by atoms with Gasteiger partial charge in [0.05, 0.1) is 11.5 Å². The van der Waals surface area contributed by atoms with Crippen molar-refractivity contribution in [3.63, 3.8) is 0 Å². The summed E-state index contributed by atoms with van der Waals surface area (Å²) in [5.74, 6) is -0.149. The maximum absolute atomic E-state index is 12.6. The van der Waals surface area contributed by atoms with E-state index in [1.165, 1.54) is 17.0 Å². The first-order valence-electron chi connectivity index (χ1n) is 9.53. The van der Waals surface area contributed by atoms with Crippen LogP contribution in [0.5, 0.6) is 0 Å². The highest BCUT2D eigenvalue weighted by atomic mass is 16.6. The van der Waals surface area contributed by atoms with E-state index in [1.54, 1.807) is 31.3 Å². The predicted octanol–water partition coefficient (Wildman–Crippen LogP) is 2.45. The van der Waals surface area contributed by atoms with Gasteiger partial charge in [0.2, 0.25) is 5.91 Å². The average Bonchev–Trinajstić information content (AvgIpc) is 2.75. The summed E-state index contributed by atoms with van der Waals surface area (Å²) in [6, 6.07) is 15.1. The third-order valence-electron chi connectivity index (χ3n) is 5.14. The number of non-ortho nitro benzene ring substituents is 1. The van der Waals surface area contributed by atoms with Crippen LogP contribution in [-0.4, -0.2) is 54.4 Å². The molecule has 0 radical (unpaired) electrons. The van der Waals surface area contributed by atoms with Crippen molar-refractivity contribution in [2.45, 2.75) is 18.9 Å². The maximum atomic E-state index is 12.6. The van der Waals surface area contributed by atoms with E-state index >= 15 is 0 Å². The average molecular weight is 396 g/mol. The highest BCUT2D eigenvalue weighted by molar-refractivity contribution is 5.95. The third kappa shape index (κ3) is 5.39. The number of carbonyl (C=O) groups excluding carboxylic acids is 2. The molecule has 0 spiro atoms. The molecule has 0 aromatic heterocycles. The Morgan fingerprint density at radius 3 is 2.31 bits per heavy atom. The first-order chi connectivity index (χ1) is 13.9. The Bertz CT molecular complexity index is 862. The molecule has 1 aliphatic heterocycles. The van der Waals surface area contributed by atoms with Crippen LogP contribution in [0.15, 0.2) is 54.6 Å². The molecule has 152 valence electrons. The molecular formula is C21H24N4O4. The molecule has 29 heavy (non-hydrogen) atoms. The molecule has 2 amide bonds. The van der Waals surface area contributed by atoms with Crippen LogP contribution in [0, 0.1) is 10.1 Å². The number of piperidine rings is 1. The molecular weight excluding hydrogens is 372 g/mol. The van der Waals surface area contributed by atoms with Crippen molar-refractivity contribution in [3.05, 3.63) is 70.3 Å². The number of hydrogen-bond donors (Lipinski definition) is 1. The van der Waals surface area contributed by atoms with Crippen molar-refractivity contribution >= 4 is 23.2 Å². The predicted molar refractivity (Wildman–Crippen MR) is 110 cm³/mol. The molecule has 1 saturated heterocycles. The molecule has 1 aliphatic rings. The number of likely N-dealkylation sites (tertiary alicyclic amines) is 1. The third-order valence-corrected chi connectivity index (χ3v) is 5.14. The summed E-state index contributed by atoms with van der Waals surface area (Å²) < 4.78 is 0. The number of carbonyl (C=O) groups is 2. The van der Waals surface area contributed by atoms with Gasteiger partial charge < -0.3 is 10.2 Å². The van der Waals surface area contributed by atoms with Gasteiger partial charge in [-0.05, 0) is 37.1 Å². The van der Waals surface area contributed by atoms with Gasteiger partial charge in [-0.15, -0.1) is 0 Å². The minimum Gasteiger partial charge on any atom is -0.349 e. The molecule has 1 heterocycles. The summed E-state index contributed by atoms with van der Waals surface area (Å²) in [5, 5.41) is 13.8. The summed E-state index contributed by atoms with van der Waals surface area (Å²) in [5.41, 5.74) is 1.26. The Balaban J connectivity index is 1.46. The number of nitrogens with one attached hydrogen (secondary N) is 1. The molecule has 8 nitrogen and oxygen atoms in total. The van der Waals surface area contributed by atoms with E-state index in [0.717, 1.165) is 25.9 Å². The molecule has 0 saturated carbocycles. The Labute approximate surface area is 169 Å². The lowest BCUT2D eigenvalue weighted by Gasteiger charge is -2.32. The van der Waals surface area contributed by atoms with Gasteiger partial charge in [-0.25, -0.2) is 0 Å². The topological polar surface area (TPSA) is 95.8 Å². The lowest BCUT2D eigenvalue weighted by Crippen LogP contribution is -2.47. The monoisotopic (exact) mass is 396 g/mol. The van der Waals surface area contributed by atoms with Gasteiger partial charge in [0, 0.05) is 49.6 Å². The zero-order valence-electron chi connectivity index (χ0n) is 16.3. The molecule has 2 aromatic rings. The second-order valence-corrected chi connectivity index (χ2v) is 7.12. The van der Waals surface area contributed by atoms with Crippen LogP contribution in [-0.2, 0) is 4.79 Å². The van der Waals surface area contributed by atoms with Gasteiger partial charge in [-0.1, -0.05) is 18.2 Å². The number of nitro benzene ring substituents is 1. The Kier molecular flexibility index (Phi) is 6.56. The molecule has 3 rings (SSSR count). The van der Waals surface area contributed by atoms with Gasteiger partial charge in [0.1, 0.15) is 0 Å². The highest BCUT2D eigenvalue weighted by Crippen LogP contribution is 2.19. The first-order valence-corrected chi connectivity index (χ1v) is 9.53. The van der Waals surface area contributed by atoms with Crippen molar-refractivity contribution in [1.82, 2.24) is 10.2 Å². The van der Waals surface area contributed by atoms with Crippen LogP contribution in [0.4, 0.5) is 11.4 Å². The van der Waals surface area contributed by atoms with Gasteiger partial charge in [0.25, 0.3) is 11.6 Å². The van der Waals surface area contributed by atoms with Crippen molar-refractivity contribution in [3.8, 4) is 0 Å². The van der Waals surface area contributed by atoms with Crippen LogP contribution in [0.1, 0.15) is 23.2 Å². The number of rotatable bonds is 6. The Morgan fingerprint density at radius 2 is 1.72 bits per heavy atom. The number of hydrogen-bond acceptors (Lipinski definition) is 5. The smallest absolute Gasteiger partial charge is 0.269 e. The van der Waals surface area contributed by atoms with Crippen molar-refractivity contribution in [2.24, 2.45) is 0 Å². The van der Waals surface area contributed by atoms with Gasteiger partial charge >= 0.3 is 0 Å². The summed E-state index contributed by atoms with van der Waals surface area (Å²) in [4.78, 5) is 38.7. The number of benzene rings is 2. The normalized spacial score (nSPS) is 14.9. The van der Waals surface area contributed by atoms with E-state index in [-0.39, 0.29) is 30.1 Å². The van der Waals surface area contributed by atoms with E-state index in [2.05, 4.69) is 10.2 Å². The number of anilines is 1. The van der Waals surface area contributed by atoms with Crippen LogP contribution < -0.4 is 10.2 Å². The molecule has 0 unspecified atom stereocenters. The zero-order chi connectivity index (χ0) is 20.8. The molecule has 0 bridgehead atoms. The van der Waals surface area contributed by atoms with Gasteiger partial charge in [-0.2, -0.15) is 0 Å². The van der Waals surface area contributed by atoms with E-state index in [9.17, 15) is 19.7 Å². The van der Waals surface area contributed by atoms with E-state index in [4.69, 9.17) is 0 Å². The molecule has 0 aliphatic carbocycles. The molecule has 2 aromatic carbocycles. The number of nitrogens with zero attached hydrogens (tertiary/aromatic N) is 3. The minimum atomic E-state index is -0.466.